The van der Waals surface area contributed by atoms with Gasteiger partial charge in [-0.3, -0.25) is 9.69 Å². The molecule has 2 saturated heterocycles. The van der Waals surface area contributed by atoms with E-state index in [1.54, 1.807) is 17.7 Å². The second-order valence-corrected chi connectivity index (χ2v) is 10.5. The van der Waals surface area contributed by atoms with E-state index in [1.807, 2.05) is 27.8 Å². The van der Waals surface area contributed by atoms with Gasteiger partial charge in [0.1, 0.15) is 22.5 Å². The zero-order chi connectivity index (χ0) is 23.8. The molecular formula is C25H30N8OS. The second kappa shape index (κ2) is 9.50. The fourth-order valence-corrected chi connectivity index (χ4v) is 6.25. The Bertz CT molecular complexity index is 1340. The highest BCUT2D eigenvalue weighted by molar-refractivity contribution is 7.18. The number of rotatable bonds is 6. The molecule has 1 atom stereocenters. The maximum Gasteiger partial charge on any atom is 0.236 e. The molecule has 0 N–H and O–H groups in total. The standard InChI is InChI=1S/C25H30N8OS/c1-2-19-14-20-24(26-17-27-25(20)35-19)31-12-10-30(11-13-31)23(34)16-32-9-5-6-18(32)15-33-22-8-4-3-7-21(22)28-29-33/h3-4,7-8,14,17-18H,2,5-6,9-13,15-16H2,1H3/t18-/m1/s1. The summed E-state index contributed by atoms with van der Waals surface area (Å²) < 4.78 is 1.98. The molecule has 5 heterocycles. The Hall–Kier alpha value is -3.11. The van der Waals surface area contributed by atoms with Gasteiger partial charge in [0.05, 0.1) is 24.0 Å². The molecule has 9 nitrogen and oxygen atoms in total. The molecule has 0 saturated carbocycles. The molecule has 182 valence electrons. The van der Waals surface area contributed by atoms with Crippen LogP contribution < -0.4 is 4.90 Å². The first-order valence-electron chi connectivity index (χ1n) is 12.5. The highest BCUT2D eigenvalue weighted by Crippen LogP contribution is 2.31. The first kappa shape index (κ1) is 22.4. The summed E-state index contributed by atoms with van der Waals surface area (Å²) in [7, 11) is 0. The van der Waals surface area contributed by atoms with Crippen molar-refractivity contribution in [3.05, 3.63) is 41.5 Å². The number of aromatic nitrogens is 5. The number of amides is 1. The Morgan fingerprint density at radius 1 is 1.11 bits per heavy atom. The minimum atomic E-state index is 0.219. The molecule has 10 heteroatoms. The van der Waals surface area contributed by atoms with Gasteiger partial charge in [0.25, 0.3) is 0 Å². The molecule has 2 aliphatic rings. The number of fused-ring (bicyclic) bond motifs is 2. The summed E-state index contributed by atoms with van der Waals surface area (Å²) in [5, 5.41) is 9.77. The number of nitrogens with zero attached hydrogens (tertiary/aromatic N) is 8. The third-order valence-corrected chi connectivity index (χ3v) is 8.47. The van der Waals surface area contributed by atoms with Crippen LogP contribution in [0.2, 0.25) is 0 Å². The molecule has 6 rings (SSSR count). The Morgan fingerprint density at radius 2 is 1.97 bits per heavy atom. The molecule has 0 aliphatic carbocycles. The molecule has 1 aromatic carbocycles. The van der Waals surface area contributed by atoms with Gasteiger partial charge in [0.15, 0.2) is 0 Å². The number of hydrogen-bond acceptors (Lipinski definition) is 8. The van der Waals surface area contributed by atoms with Crippen molar-refractivity contribution in [1.29, 1.82) is 0 Å². The summed E-state index contributed by atoms with van der Waals surface area (Å²) in [6.45, 7) is 7.40. The number of piperazine rings is 1. The van der Waals surface area contributed by atoms with Crippen molar-refractivity contribution in [1.82, 2.24) is 34.8 Å². The van der Waals surface area contributed by atoms with Crippen molar-refractivity contribution in [3.8, 4) is 0 Å². The minimum Gasteiger partial charge on any atom is -0.352 e. The van der Waals surface area contributed by atoms with Crippen molar-refractivity contribution in [2.45, 2.75) is 38.8 Å². The normalized spacial score (nSPS) is 19.3. The quantitative estimate of drug-likeness (QED) is 0.411. The third-order valence-electron chi connectivity index (χ3n) is 7.28. The Morgan fingerprint density at radius 3 is 2.83 bits per heavy atom. The van der Waals surface area contributed by atoms with Crippen LogP contribution in [0.25, 0.3) is 21.3 Å². The van der Waals surface area contributed by atoms with Gasteiger partial charge < -0.3 is 9.80 Å². The minimum absolute atomic E-state index is 0.219. The first-order valence-corrected chi connectivity index (χ1v) is 13.3. The predicted molar refractivity (Wildman–Crippen MR) is 138 cm³/mol. The zero-order valence-electron chi connectivity index (χ0n) is 20.0. The van der Waals surface area contributed by atoms with E-state index in [1.165, 1.54) is 4.88 Å². The SMILES string of the molecule is CCc1cc2c(N3CCN(C(=O)CN4CCC[C@@H]4Cn4nnc5ccccc54)CC3)ncnc2s1. The fraction of sp³-hybridized carbons (Fsp3) is 0.480. The van der Waals surface area contributed by atoms with Crippen LogP contribution >= 0.6 is 11.3 Å². The molecule has 35 heavy (non-hydrogen) atoms. The summed E-state index contributed by atoms with van der Waals surface area (Å²) >= 11 is 1.74. The summed E-state index contributed by atoms with van der Waals surface area (Å²) in [4.78, 5) is 31.3. The van der Waals surface area contributed by atoms with E-state index in [0.29, 0.717) is 12.6 Å². The molecule has 0 spiro atoms. The monoisotopic (exact) mass is 490 g/mol. The Kier molecular flexibility index (Phi) is 6.07. The van der Waals surface area contributed by atoms with Crippen molar-refractivity contribution < 1.29 is 4.79 Å². The number of carbonyl (C=O) groups is 1. The second-order valence-electron chi connectivity index (χ2n) is 9.38. The average Bonchev–Trinajstić information content (AvgIpc) is 3.63. The van der Waals surface area contributed by atoms with Gasteiger partial charge in [0, 0.05) is 37.1 Å². The highest BCUT2D eigenvalue weighted by Gasteiger charge is 2.30. The van der Waals surface area contributed by atoms with Gasteiger partial charge in [0.2, 0.25) is 5.91 Å². The number of hydrogen-bond donors (Lipinski definition) is 0. The van der Waals surface area contributed by atoms with Crippen LogP contribution in [0, 0.1) is 0 Å². The third kappa shape index (κ3) is 4.36. The van der Waals surface area contributed by atoms with E-state index in [2.05, 4.69) is 49.1 Å². The van der Waals surface area contributed by atoms with E-state index in [-0.39, 0.29) is 5.91 Å². The molecule has 0 radical (unpaired) electrons. The lowest BCUT2D eigenvalue weighted by atomic mass is 10.2. The van der Waals surface area contributed by atoms with Crippen LogP contribution in [0.4, 0.5) is 5.82 Å². The number of aryl methyl sites for hydroxylation is 1. The number of anilines is 1. The summed E-state index contributed by atoms with van der Waals surface area (Å²) in [6, 6.07) is 10.6. The lowest BCUT2D eigenvalue weighted by Gasteiger charge is -2.36. The summed E-state index contributed by atoms with van der Waals surface area (Å²) in [5.41, 5.74) is 1.97. The maximum absolute atomic E-state index is 13.2. The van der Waals surface area contributed by atoms with Crippen LogP contribution in [-0.4, -0.2) is 86.0 Å². The largest absolute Gasteiger partial charge is 0.352 e. The van der Waals surface area contributed by atoms with Gasteiger partial charge >= 0.3 is 0 Å². The molecule has 0 bridgehead atoms. The van der Waals surface area contributed by atoms with Gasteiger partial charge in [-0.15, -0.1) is 16.4 Å². The first-order chi connectivity index (χ1) is 17.2. The molecule has 1 amide bonds. The van der Waals surface area contributed by atoms with Crippen LogP contribution in [0.1, 0.15) is 24.6 Å². The molecule has 2 fully saturated rings. The van der Waals surface area contributed by atoms with E-state index in [0.717, 1.165) is 85.6 Å². The van der Waals surface area contributed by atoms with E-state index >= 15 is 0 Å². The number of para-hydroxylation sites is 1. The Labute approximate surface area is 208 Å². The molecular weight excluding hydrogens is 460 g/mol. The van der Waals surface area contributed by atoms with E-state index < -0.39 is 0 Å². The maximum atomic E-state index is 13.2. The van der Waals surface area contributed by atoms with Crippen molar-refractivity contribution >= 4 is 44.3 Å². The molecule has 0 unspecified atom stereocenters. The van der Waals surface area contributed by atoms with Crippen molar-refractivity contribution in [3.63, 3.8) is 0 Å². The van der Waals surface area contributed by atoms with Gasteiger partial charge in [-0.2, -0.15) is 0 Å². The smallest absolute Gasteiger partial charge is 0.236 e. The molecule has 4 aromatic rings. The summed E-state index contributed by atoms with van der Waals surface area (Å²) in [5.74, 6) is 1.22. The van der Waals surface area contributed by atoms with Gasteiger partial charge in [-0.05, 0) is 44.0 Å². The van der Waals surface area contributed by atoms with E-state index in [9.17, 15) is 4.79 Å². The zero-order valence-corrected chi connectivity index (χ0v) is 20.8. The van der Waals surface area contributed by atoms with Crippen molar-refractivity contribution in [2.75, 3.05) is 44.2 Å². The van der Waals surface area contributed by atoms with Gasteiger partial charge in [-0.1, -0.05) is 24.3 Å². The summed E-state index contributed by atoms with van der Waals surface area (Å²) in [6.07, 6.45) is 4.87. The van der Waals surface area contributed by atoms with E-state index in [4.69, 9.17) is 0 Å². The molecule has 3 aromatic heterocycles. The average molecular weight is 491 g/mol. The lowest BCUT2D eigenvalue weighted by molar-refractivity contribution is -0.133. The number of carbonyl (C=O) groups excluding carboxylic acids is 1. The van der Waals surface area contributed by atoms with Crippen LogP contribution in [0.3, 0.4) is 0 Å². The predicted octanol–water partition coefficient (Wildman–Crippen LogP) is 2.81. The number of likely N-dealkylation sites (tertiary alicyclic amines) is 1. The van der Waals surface area contributed by atoms with Crippen molar-refractivity contribution in [2.24, 2.45) is 0 Å². The van der Waals surface area contributed by atoms with Crippen LogP contribution in [0.5, 0.6) is 0 Å². The fourth-order valence-electron chi connectivity index (χ4n) is 5.32. The molecule has 2 aliphatic heterocycles. The highest BCUT2D eigenvalue weighted by atomic mass is 32.1. The topological polar surface area (TPSA) is 83.3 Å². The Balaban J connectivity index is 1.08. The van der Waals surface area contributed by atoms with Gasteiger partial charge in [-0.25, -0.2) is 14.6 Å². The van der Waals surface area contributed by atoms with Crippen LogP contribution in [-0.2, 0) is 17.8 Å². The van der Waals surface area contributed by atoms with Crippen LogP contribution in [0.15, 0.2) is 36.7 Å². The lowest BCUT2D eigenvalue weighted by Crippen LogP contribution is -2.52. The number of thiophene rings is 1. The number of benzene rings is 1.